The molecule has 0 amide bonds. The van der Waals surface area contributed by atoms with Crippen molar-refractivity contribution in [1.29, 1.82) is 0 Å². The normalized spacial score (nSPS) is 14.9. The van der Waals surface area contributed by atoms with Gasteiger partial charge in [-0.2, -0.15) is 0 Å². The number of hydrogen-bond donors (Lipinski definition) is 0. The summed E-state index contributed by atoms with van der Waals surface area (Å²) in [5.74, 6) is 0. The zero-order chi connectivity index (χ0) is 12.1. The van der Waals surface area contributed by atoms with Gasteiger partial charge in [-0.1, -0.05) is 0 Å². The SMILES string of the molecule is CCOC(Cc1ccccc1)C1=[C]([Ti+2])CC=C1.[Cl-].[Cl-]. The van der Waals surface area contributed by atoms with Crippen LogP contribution in [0.1, 0.15) is 18.9 Å². The monoisotopic (exact) mass is 331 g/mol. The van der Waals surface area contributed by atoms with Crippen LogP contribution in [0, 0.1) is 0 Å². The van der Waals surface area contributed by atoms with E-state index in [1.165, 1.54) is 15.0 Å². The van der Waals surface area contributed by atoms with Crippen molar-refractivity contribution in [3.8, 4) is 0 Å². The maximum atomic E-state index is 5.89. The molecule has 0 bridgehead atoms. The predicted octanol–water partition coefficient (Wildman–Crippen LogP) is -2.60. The molecule has 0 radical (unpaired) electrons. The Morgan fingerprint density at radius 2 is 1.89 bits per heavy atom. The smallest absolute Gasteiger partial charge is 1.00 e. The van der Waals surface area contributed by atoms with Crippen LogP contribution in [-0.4, -0.2) is 12.7 Å². The molecule has 2 rings (SSSR count). The molecule has 1 atom stereocenters. The van der Waals surface area contributed by atoms with Crippen LogP contribution < -0.4 is 24.8 Å². The van der Waals surface area contributed by atoms with Gasteiger partial charge < -0.3 is 24.8 Å². The maximum absolute atomic E-state index is 5.89. The minimum absolute atomic E-state index is 0. The van der Waals surface area contributed by atoms with Crippen molar-refractivity contribution < 1.29 is 50.0 Å². The Hall–Kier alpha value is -0.0457. The minimum Gasteiger partial charge on any atom is -1.00 e. The van der Waals surface area contributed by atoms with Gasteiger partial charge in [-0.15, -0.1) is 0 Å². The third-order valence-electron chi connectivity index (χ3n) is 2.95. The van der Waals surface area contributed by atoms with E-state index in [1.54, 1.807) is 0 Å². The molecule has 0 spiro atoms. The number of benzene rings is 1. The molecule has 0 aliphatic heterocycles. The molecule has 1 unspecified atom stereocenters. The van der Waals surface area contributed by atoms with Gasteiger partial charge in [-0.3, -0.25) is 0 Å². The summed E-state index contributed by atoms with van der Waals surface area (Å²) in [6, 6.07) is 10.6. The van der Waals surface area contributed by atoms with E-state index in [-0.39, 0.29) is 30.9 Å². The van der Waals surface area contributed by atoms with Gasteiger partial charge in [0, 0.05) is 0 Å². The third kappa shape index (κ3) is 5.45. The molecule has 1 aromatic carbocycles. The molecule has 1 aromatic rings. The quantitative estimate of drug-likeness (QED) is 0.538. The van der Waals surface area contributed by atoms with E-state index in [1.807, 2.05) is 0 Å². The zero-order valence-corrected chi connectivity index (χ0v) is 14.0. The molecule has 101 valence electrons. The van der Waals surface area contributed by atoms with E-state index < -0.39 is 0 Å². The summed E-state index contributed by atoms with van der Waals surface area (Å²) in [5, 5.41) is 0. The van der Waals surface area contributed by atoms with Crippen LogP contribution in [0.5, 0.6) is 0 Å². The number of rotatable bonds is 5. The molecule has 0 N–H and O–H groups in total. The number of halogens is 2. The Balaban J connectivity index is 0.00000162. The number of hydrogen-bond acceptors (Lipinski definition) is 1. The Labute approximate surface area is 139 Å². The first-order chi connectivity index (χ1) is 8.31. The van der Waals surface area contributed by atoms with Crippen LogP contribution in [-0.2, 0) is 31.6 Å². The molecule has 19 heavy (non-hydrogen) atoms. The molecule has 0 heterocycles. The van der Waals surface area contributed by atoms with Crippen LogP contribution in [0.3, 0.4) is 0 Å². The van der Waals surface area contributed by atoms with Gasteiger partial charge in [-0.05, 0) is 0 Å². The topological polar surface area (TPSA) is 9.23 Å². The largest absolute Gasteiger partial charge is 1.00 e. The summed E-state index contributed by atoms with van der Waals surface area (Å²) < 4.78 is 7.33. The van der Waals surface area contributed by atoms with Crippen LogP contribution in [0.25, 0.3) is 0 Å². The molecule has 1 nitrogen and oxygen atoms in total. The van der Waals surface area contributed by atoms with E-state index in [9.17, 15) is 0 Å². The first-order valence-corrected chi connectivity index (χ1v) is 6.86. The van der Waals surface area contributed by atoms with Crippen molar-refractivity contribution >= 4 is 0 Å². The second-order valence-electron chi connectivity index (χ2n) is 4.17. The maximum Gasteiger partial charge on any atom is -1.00 e. The van der Waals surface area contributed by atoms with E-state index in [2.05, 4.69) is 69.8 Å². The van der Waals surface area contributed by atoms with Gasteiger partial charge in [0.05, 0.1) is 0 Å². The van der Waals surface area contributed by atoms with Crippen molar-refractivity contribution in [2.75, 3.05) is 6.61 Å². The average molecular weight is 332 g/mol. The minimum atomic E-state index is 0. The molecule has 4 heteroatoms. The van der Waals surface area contributed by atoms with Crippen LogP contribution in [0.15, 0.2) is 51.9 Å². The van der Waals surface area contributed by atoms with E-state index in [0.717, 1.165) is 19.4 Å². The van der Waals surface area contributed by atoms with E-state index in [4.69, 9.17) is 4.74 Å². The summed E-state index contributed by atoms with van der Waals surface area (Å²) >= 11 is 2.20. The zero-order valence-electron chi connectivity index (χ0n) is 10.9. The molecule has 0 saturated heterocycles. The fourth-order valence-corrected chi connectivity index (χ4v) is 2.68. The molecule has 1 aliphatic carbocycles. The standard InChI is InChI=1S/C15H17O.2ClH.Ti/c1-2-16-15(14-10-6-7-11-14)12-13-8-4-3-5-9-13;;;/h3-6,8-10,15H,2,7,12H2,1H3;2*1H;/q;;;+2/p-2. The molecular weight excluding hydrogens is 315 g/mol. The molecule has 0 aromatic heterocycles. The summed E-state index contributed by atoms with van der Waals surface area (Å²) in [6.45, 7) is 2.83. The second kappa shape index (κ2) is 9.79. The van der Waals surface area contributed by atoms with Crippen molar-refractivity contribution in [3.63, 3.8) is 0 Å². The Morgan fingerprint density at radius 3 is 2.42 bits per heavy atom. The third-order valence-corrected chi connectivity index (χ3v) is 3.72. The molecule has 1 aliphatic rings. The fraction of sp³-hybridized carbons (Fsp3) is 0.333. The van der Waals surface area contributed by atoms with Crippen LogP contribution in [0.2, 0.25) is 0 Å². The number of ether oxygens (including phenoxy) is 1. The Kier molecular flexibility index (Phi) is 9.77. The van der Waals surface area contributed by atoms with Gasteiger partial charge in [0.1, 0.15) is 0 Å². The molecule has 0 fully saturated rings. The van der Waals surface area contributed by atoms with Gasteiger partial charge in [0.2, 0.25) is 0 Å². The molecule has 0 saturated carbocycles. The van der Waals surface area contributed by atoms with Gasteiger partial charge in [-0.25, -0.2) is 0 Å². The average Bonchev–Trinajstić information content (AvgIpc) is 2.76. The van der Waals surface area contributed by atoms with E-state index >= 15 is 0 Å². The fourth-order valence-electron chi connectivity index (χ4n) is 2.11. The van der Waals surface area contributed by atoms with Crippen molar-refractivity contribution in [2.24, 2.45) is 0 Å². The first-order valence-electron chi connectivity index (χ1n) is 6.08. The van der Waals surface area contributed by atoms with Gasteiger partial charge >= 0.3 is 115 Å². The van der Waals surface area contributed by atoms with Gasteiger partial charge in [0.25, 0.3) is 0 Å². The molecular formula is C15H17Cl2OTi. The summed E-state index contributed by atoms with van der Waals surface area (Å²) in [5.41, 5.74) is 2.71. The summed E-state index contributed by atoms with van der Waals surface area (Å²) in [4.78, 5) is 0. The Bertz CT molecular complexity index is 429. The summed E-state index contributed by atoms with van der Waals surface area (Å²) in [7, 11) is 0. The van der Waals surface area contributed by atoms with Gasteiger partial charge in [0.15, 0.2) is 0 Å². The van der Waals surface area contributed by atoms with Crippen LogP contribution in [0.4, 0.5) is 0 Å². The first kappa shape index (κ1) is 19.0. The number of allylic oxidation sites excluding steroid dienone is 2. The Morgan fingerprint density at radius 1 is 1.21 bits per heavy atom. The van der Waals surface area contributed by atoms with E-state index in [0.29, 0.717) is 0 Å². The van der Waals surface area contributed by atoms with Crippen LogP contribution >= 0.6 is 0 Å². The summed E-state index contributed by atoms with van der Waals surface area (Å²) in [6.07, 6.45) is 6.70. The second-order valence-corrected chi connectivity index (χ2v) is 5.12. The predicted molar refractivity (Wildman–Crippen MR) is 66.3 cm³/mol. The van der Waals surface area contributed by atoms with Crippen molar-refractivity contribution in [2.45, 2.75) is 25.9 Å². The van der Waals surface area contributed by atoms with Crippen molar-refractivity contribution in [1.82, 2.24) is 0 Å². The van der Waals surface area contributed by atoms with Crippen molar-refractivity contribution in [3.05, 3.63) is 57.5 Å².